The molecule has 0 aliphatic carbocycles. The Bertz CT molecular complexity index is 659. The van der Waals surface area contributed by atoms with Gasteiger partial charge >= 0.3 is 0 Å². The van der Waals surface area contributed by atoms with Crippen LogP contribution < -0.4 is 16.2 Å². The fourth-order valence-electron chi connectivity index (χ4n) is 1.63. The Labute approximate surface area is 142 Å². The van der Waals surface area contributed by atoms with E-state index in [0.717, 1.165) is 23.5 Å². The van der Waals surface area contributed by atoms with Crippen LogP contribution in [0.1, 0.15) is 20.9 Å². The summed E-state index contributed by atoms with van der Waals surface area (Å²) < 4.78 is 3.70. The van der Waals surface area contributed by atoms with Crippen LogP contribution in [0, 0.1) is 6.92 Å². The molecule has 1 aromatic carbocycles. The number of nitrogens with zero attached hydrogens (tertiary/aromatic N) is 2. The molecule has 0 saturated carbocycles. The number of aromatic nitrogens is 2. The third kappa shape index (κ3) is 4.90. The van der Waals surface area contributed by atoms with Crippen LogP contribution in [-0.4, -0.2) is 27.2 Å². The number of hydrazine groups is 1. The average Bonchev–Trinajstić information content (AvgIpc) is 2.93. The number of halogens is 1. The summed E-state index contributed by atoms with van der Waals surface area (Å²) in [5.74, 6) is -0.311. The van der Waals surface area contributed by atoms with Crippen LogP contribution in [0.25, 0.3) is 0 Å². The van der Waals surface area contributed by atoms with E-state index < -0.39 is 0 Å². The number of carbonyl (C=O) groups is 1. The second-order valence-electron chi connectivity index (χ2n) is 4.40. The van der Waals surface area contributed by atoms with Crippen molar-refractivity contribution in [3.8, 4) is 0 Å². The van der Waals surface area contributed by atoms with E-state index in [9.17, 15) is 4.79 Å². The lowest BCUT2D eigenvalue weighted by molar-refractivity contribution is 0.0947. The number of rotatable bonds is 4. The Morgan fingerprint density at radius 3 is 2.68 bits per heavy atom. The van der Waals surface area contributed by atoms with E-state index in [1.165, 1.54) is 0 Å². The van der Waals surface area contributed by atoms with Crippen LogP contribution >= 0.6 is 35.4 Å². The molecule has 3 N–H and O–H groups in total. The van der Waals surface area contributed by atoms with Crippen molar-refractivity contribution in [2.45, 2.75) is 13.3 Å². The summed E-state index contributed by atoms with van der Waals surface area (Å²) in [5, 5.41) is 7.84. The standard InChI is InChI=1S/C13H14ClN5OS2/c1-8-11(22-19-16-8)12(20)17-18-13(21)15-7-6-9-2-4-10(14)5-3-9/h2-5H,6-7H2,1H3,(H,17,20)(H2,15,18,21). The fourth-order valence-corrected chi connectivity index (χ4v) is 2.46. The molecule has 1 amide bonds. The Morgan fingerprint density at radius 2 is 2.05 bits per heavy atom. The van der Waals surface area contributed by atoms with Gasteiger partial charge in [0, 0.05) is 11.6 Å². The van der Waals surface area contributed by atoms with Gasteiger partial charge in [0.2, 0.25) is 0 Å². The van der Waals surface area contributed by atoms with Crippen LogP contribution in [0.5, 0.6) is 0 Å². The molecule has 0 aliphatic heterocycles. The van der Waals surface area contributed by atoms with Gasteiger partial charge < -0.3 is 5.32 Å². The molecule has 0 atom stereocenters. The second kappa shape index (κ2) is 8.02. The van der Waals surface area contributed by atoms with Gasteiger partial charge in [-0.05, 0) is 54.8 Å². The quantitative estimate of drug-likeness (QED) is 0.574. The van der Waals surface area contributed by atoms with Crippen molar-refractivity contribution < 1.29 is 4.79 Å². The van der Waals surface area contributed by atoms with Gasteiger partial charge in [0.15, 0.2) is 5.11 Å². The molecule has 1 heterocycles. The summed E-state index contributed by atoms with van der Waals surface area (Å²) in [6.07, 6.45) is 0.796. The number of nitrogens with one attached hydrogen (secondary N) is 3. The summed E-state index contributed by atoms with van der Waals surface area (Å²) >= 11 is 11.9. The van der Waals surface area contributed by atoms with Crippen LogP contribution in [0.15, 0.2) is 24.3 Å². The first kappa shape index (κ1) is 16.6. The molecule has 2 aromatic rings. The number of hydrogen-bond acceptors (Lipinski definition) is 5. The molecule has 2 rings (SSSR count). The third-order valence-electron chi connectivity index (χ3n) is 2.76. The largest absolute Gasteiger partial charge is 0.361 e. The molecular formula is C13H14ClN5OS2. The van der Waals surface area contributed by atoms with E-state index in [2.05, 4.69) is 25.8 Å². The summed E-state index contributed by atoms with van der Waals surface area (Å²) in [7, 11) is 0. The summed E-state index contributed by atoms with van der Waals surface area (Å²) in [4.78, 5) is 12.3. The van der Waals surface area contributed by atoms with E-state index in [-0.39, 0.29) is 5.91 Å². The topological polar surface area (TPSA) is 78.9 Å². The molecule has 0 fully saturated rings. The molecular weight excluding hydrogens is 342 g/mol. The van der Waals surface area contributed by atoms with Crippen molar-refractivity contribution in [1.82, 2.24) is 25.8 Å². The van der Waals surface area contributed by atoms with E-state index in [1.807, 2.05) is 24.3 Å². The first-order chi connectivity index (χ1) is 10.6. The number of hydrogen-bond donors (Lipinski definition) is 3. The highest BCUT2D eigenvalue weighted by Crippen LogP contribution is 2.09. The normalized spacial score (nSPS) is 10.1. The Hall–Kier alpha value is -1.77. The van der Waals surface area contributed by atoms with Gasteiger partial charge in [0.1, 0.15) is 4.88 Å². The lowest BCUT2D eigenvalue weighted by Crippen LogP contribution is -2.47. The molecule has 0 unspecified atom stereocenters. The summed E-state index contributed by atoms with van der Waals surface area (Å²) in [5.41, 5.74) is 6.88. The Balaban J connectivity index is 1.69. The Morgan fingerprint density at radius 1 is 1.32 bits per heavy atom. The van der Waals surface area contributed by atoms with Crippen molar-refractivity contribution in [2.75, 3.05) is 6.54 Å². The van der Waals surface area contributed by atoms with E-state index in [0.29, 0.717) is 27.3 Å². The smallest absolute Gasteiger partial charge is 0.283 e. The lowest BCUT2D eigenvalue weighted by Gasteiger charge is -2.11. The zero-order chi connectivity index (χ0) is 15.9. The van der Waals surface area contributed by atoms with Gasteiger partial charge in [-0.3, -0.25) is 15.6 Å². The summed E-state index contributed by atoms with van der Waals surface area (Å²) in [6.45, 7) is 2.37. The van der Waals surface area contributed by atoms with Crippen LogP contribution in [-0.2, 0) is 6.42 Å². The first-order valence-corrected chi connectivity index (χ1v) is 8.00. The highest BCUT2D eigenvalue weighted by Gasteiger charge is 2.12. The van der Waals surface area contributed by atoms with Gasteiger partial charge in [-0.2, -0.15) is 0 Å². The maximum atomic E-state index is 11.8. The second-order valence-corrected chi connectivity index (χ2v) is 6.00. The molecule has 1 aromatic heterocycles. The van der Waals surface area contributed by atoms with E-state index in [4.69, 9.17) is 23.8 Å². The van der Waals surface area contributed by atoms with E-state index in [1.54, 1.807) is 6.92 Å². The molecule has 116 valence electrons. The molecule has 0 aliphatic rings. The number of thiocarbonyl (C=S) groups is 1. The monoisotopic (exact) mass is 355 g/mol. The minimum absolute atomic E-state index is 0.311. The summed E-state index contributed by atoms with van der Waals surface area (Å²) in [6, 6.07) is 7.61. The maximum absolute atomic E-state index is 11.8. The molecule has 0 saturated heterocycles. The van der Waals surface area contributed by atoms with Crippen molar-refractivity contribution in [1.29, 1.82) is 0 Å². The van der Waals surface area contributed by atoms with Crippen molar-refractivity contribution in [3.05, 3.63) is 45.4 Å². The Kier molecular flexibility index (Phi) is 6.05. The predicted molar refractivity (Wildman–Crippen MR) is 91.0 cm³/mol. The van der Waals surface area contributed by atoms with Crippen molar-refractivity contribution >= 4 is 46.4 Å². The number of amides is 1. The minimum Gasteiger partial charge on any atom is -0.361 e. The van der Waals surface area contributed by atoms with Crippen molar-refractivity contribution in [3.63, 3.8) is 0 Å². The SMILES string of the molecule is Cc1nnsc1C(=O)NNC(=S)NCCc1ccc(Cl)cc1. The van der Waals surface area contributed by atoms with Crippen molar-refractivity contribution in [2.24, 2.45) is 0 Å². The zero-order valence-corrected chi connectivity index (χ0v) is 14.1. The highest BCUT2D eigenvalue weighted by atomic mass is 35.5. The van der Waals surface area contributed by atoms with Crippen LogP contribution in [0.3, 0.4) is 0 Å². The predicted octanol–water partition coefficient (Wildman–Crippen LogP) is 1.85. The average molecular weight is 356 g/mol. The first-order valence-electron chi connectivity index (χ1n) is 6.44. The van der Waals surface area contributed by atoms with E-state index >= 15 is 0 Å². The van der Waals surface area contributed by atoms with Gasteiger partial charge in [-0.25, -0.2) is 0 Å². The van der Waals surface area contributed by atoms with Gasteiger partial charge in [0.25, 0.3) is 5.91 Å². The van der Waals surface area contributed by atoms with Crippen LogP contribution in [0.4, 0.5) is 0 Å². The maximum Gasteiger partial charge on any atom is 0.283 e. The van der Waals surface area contributed by atoms with Gasteiger partial charge in [-0.15, -0.1) is 5.10 Å². The molecule has 0 bridgehead atoms. The third-order valence-corrected chi connectivity index (χ3v) is 4.08. The number of benzene rings is 1. The molecule has 6 nitrogen and oxygen atoms in total. The fraction of sp³-hybridized carbons (Fsp3) is 0.231. The van der Waals surface area contributed by atoms with Crippen LogP contribution in [0.2, 0.25) is 5.02 Å². The van der Waals surface area contributed by atoms with Gasteiger partial charge in [-0.1, -0.05) is 28.2 Å². The van der Waals surface area contributed by atoms with Gasteiger partial charge in [0.05, 0.1) is 5.69 Å². The number of carbonyl (C=O) groups excluding carboxylic acids is 1. The molecule has 0 radical (unpaired) electrons. The number of aryl methyl sites for hydroxylation is 1. The molecule has 9 heteroatoms. The minimum atomic E-state index is -0.311. The molecule has 0 spiro atoms. The lowest BCUT2D eigenvalue weighted by atomic mass is 10.1. The zero-order valence-electron chi connectivity index (χ0n) is 11.7. The highest BCUT2D eigenvalue weighted by molar-refractivity contribution is 7.80. The molecule has 22 heavy (non-hydrogen) atoms.